The molecule has 1 amide bonds. The Balaban J connectivity index is 1.64. The van der Waals surface area contributed by atoms with E-state index >= 15 is 0 Å². The number of ether oxygens (including phenoxy) is 4. The second-order valence-electron chi connectivity index (χ2n) is 5.34. The quantitative estimate of drug-likeness (QED) is 0.594. The number of carbonyl (C=O) groups excluding carboxylic acids is 1. The molecule has 2 aromatic carbocycles. The van der Waals surface area contributed by atoms with Crippen molar-refractivity contribution in [1.82, 2.24) is 5.43 Å². The predicted octanol–water partition coefficient (Wildman–Crippen LogP) is 2.76. The molecule has 0 aromatic heterocycles. The van der Waals surface area contributed by atoms with Gasteiger partial charge >= 0.3 is 0 Å². The lowest BCUT2D eigenvalue weighted by molar-refractivity contribution is -0.130. The zero-order valence-electron chi connectivity index (χ0n) is 14.2. The van der Waals surface area contributed by atoms with Crippen molar-refractivity contribution in [2.75, 3.05) is 20.8 Å². The first-order chi connectivity index (χ1) is 12.6. The Labute approximate surface area is 159 Å². The minimum absolute atomic E-state index is 0.125. The molecule has 0 radical (unpaired) electrons. The number of nitrogens with one attached hydrogen (secondary N) is 1. The van der Waals surface area contributed by atoms with Gasteiger partial charge < -0.3 is 18.9 Å². The first-order valence-corrected chi connectivity index (χ1v) is 8.54. The molecule has 1 heterocycles. The van der Waals surface area contributed by atoms with Crippen molar-refractivity contribution in [3.8, 4) is 23.0 Å². The molecule has 0 saturated carbocycles. The lowest BCUT2D eigenvalue weighted by Gasteiger charge is -2.24. The molecule has 0 spiro atoms. The molecule has 0 aliphatic carbocycles. The fourth-order valence-electron chi connectivity index (χ4n) is 2.40. The average Bonchev–Trinajstić information content (AvgIpc) is 2.67. The van der Waals surface area contributed by atoms with Crippen molar-refractivity contribution in [3.05, 3.63) is 46.4 Å². The molecule has 8 heteroatoms. The molecule has 1 unspecified atom stereocenters. The number of rotatable bonds is 5. The summed E-state index contributed by atoms with van der Waals surface area (Å²) in [5.41, 5.74) is 3.18. The van der Waals surface area contributed by atoms with Crippen molar-refractivity contribution in [2.24, 2.45) is 5.10 Å². The number of benzene rings is 2. The Morgan fingerprint density at radius 3 is 2.77 bits per heavy atom. The zero-order valence-corrected chi connectivity index (χ0v) is 15.8. The Morgan fingerprint density at radius 2 is 2.04 bits per heavy atom. The first-order valence-electron chi connectivity index (χ1n) is 7.75. The summed E-state index contributed by atoms with van der Waals surface area (Å²) >= 11 is 3.41. The summed E-state index contributed by atoms with van der Waals surface area (Å²) in [6, 6.07) is 10.7. The van der Waals surface area contributed by atoms with Crippen LogP contribution in [0.25, 0.3) is 0 Å². The largest absolute Gasteiger partial charge is 0.493 e. The molecular formula is C18H17BrN2O5. The summed E-state index contributed by atoms with van der Waals surface area (Å²) in [5.74, 6) is 1.90. The minimum Gasteiger partial charge on any atom is -0.493 e. The molecule has 0 bridgehead atoms. The van der Waals surface area contributed by atoms with Crippen molar-refractivity contribution >= 4 is 28.1 Å². The monoisotopic (exact) mass is 420 g/mol. The molecule has 1 aliphatic rings. The lowest BCUT2D eigenvalue weighted by Crippen LogP contribution is -2.42. The summed E-state index contributed by atoms with van der Waals surface area (Å²) < 4.78 is 22.4. The van der Waals surface area contributed by atoms with Gasteiger partial charge in [-0.05, 0) is 45.8 Å². The third kappa shape index (κ3) is 3.91. The smallest absolute Gasteiger partial charge is 0.284 e. The van der Waals surface area contributed by atoms with Crippen LogP contribution in [0.4, 0.5) is 0 Å². The maximum atomic E-state index is 12.2. The molecule has 7 nitrogen and oxygen atoms in total. The fourth-order valence-corrected chi connectivity index (χ4v) is 3.03. The van der Waals surface area contributed by atoms with Gasteiger partial charge in [-0.1, -0.05) is 12.1 Å². The minimum atomic E-state index is -0.765. The Bertz CT molecular complexity index is 840. The first kappa shape index (κ1) is 18.1. The average molecular weight is 421 g/mol. The number of hydrogen-bond donors (Lipinski definition) is 1. The highest BCUT2D eigenvalue weighted by atomic mass is 79.9. The van der Waals surface area contributed by atoms with E-state index in [1.807, 2.05) is 12.1 Å². The zero-order chi connectivity index (χ0) is 18.5. The van der Waals surface area contributed by atoms with E-state index < -0.39 is 12.0 Å². The van der Waals surface area contributed by atoms with Gasteiger partial charge in [0.05, 0.1) is 24.9 Å². The Hall–Kier alpha value is -2.74. The van der Waals surface area contributed by atoms with Crippen LogP contribution in [0.15, 0.2) is 46.0 Å². The number of methoxy groups -OCH3 is 2. The SMILES string of the molecule is COc1cc(C=NNC(=O)C2COc3ccccc3O2)cc(Br)c1OC. The van der Waals surface area contributed by atoms with Gasteiger partial charge in [0, 0.05) is 0 Å². The van der Waals surface area contributed by atoms with Crippen LogP contribution in [-0.2, 0) is 4.79 Å². The van der Waals surface area contributed by atoms with Crippen LogP contribution in [0.3, 0.4) is 0 Å². The molecule has 26 heavy (non-hydrogen) atoms. The van der Waals surface area contributed by atoms with Gasteiger partial charge in [0.1, 0.15) is 6.61 Å². The van der Waals surface area contributed by atoms with E-state index in [0.717, 1.165) is 5.56 Å². The van der Waals surface area contributed by atoms with Crippen molar-refractivity contribution in [1.29, 1.82) is 0 Å². The summed E-state index contributed by atoms with van der Waals surface area (Å²) in [6.45, 7) is 0.125. The number of hydrogen-bond acceptors (Lipinski definition) is 6. The second-order valence-corrected chi connectivity index (χ2v) is 6.19. The summed E-state index contributed by atoms with van der Waals surface area (Å²) in [6.07, 6.45) is 0.738. The summed E-state index contributed by atoms with van der Waals surface area (Å²) in [5, 5.41) is 3.97. The van der Waals surface area contributed by atoms with E-state index in [1.54, 1.807) is 38.5 Å². The maximum absolute atomic E-state index is 12.2. The molecule has 0 fully saturated rings. The van der Waals surface area contributed by atoms with Gasteiger partial charge in [-0.25, -0.2) is 5.43 Å². The molecule has 3 rings (SSSR count). The third-order valence-corrected chi connectivity index (χ3v) is 4.23. The van der Waals surface area contributed by atoms with E-state index in [1.165, 1.54) is 6.21 Å². The van der Waals surface area contributed by atoms with Crippen molar-refractivity contribution in [3.63, 3.8) is 0 Å². The van der Waals surface area contributed by atoms with Crippen LogP contribution >= 0.6 is 15.9 Å². The Kier molecular flexibility index (Phi) is 5.62. The van der Waals surface area contributed by atoms with Gasteiger partial charge in [0.15, 0.2) is 23.0 Å². The van der Waals surface area contributed by atoms with E-state index in [9.17, 15) is 4.79 Å². The Morgan fingerprint density at radius 1 is 1.27 bits per heavy atom. The number of hydrazone groups is 1. The number of amides is 1. The molecule has 1 aliphatic heterocycles. The van der Waals surface area contributed by atoms with Crippen molar-refractivity contribution < 1.29 is 23.7 Å². The van der Waals surface area contributed by atoms with Crippen LogP contribution < -0.4 is 24.4 Å². The molecule has 2 aromatic rings. The molecular weight excluding hydrogens is 404 g/mol. The second kappa shape index (κ2) is 8.09. The standard InChI is InChI=1S/C18H17BrN2O5/c1-23-15-8-11(7-12(19)17(15)24-2)9-20-21-18(22)16-10-25-13-5-3-4-6-14(13)26-16/h3-9,16H,10H2,1-2H3,(H,21,22). The summed E-state index contributed by atoms with van der Waals surface area (Å²) in [7, 11) is 3.10. The number of carbonyl (C=O) groups is 1. The highest BCUT2D eigenvalue weighted by Crippen LogP contribution is 2.35. The predicted molar refractivity (Wildman–Crippen MR) is 99.3 cm³/mol. The van der Waals surface area contributed by atoms with E-state index in [2.05, 4.69) is 26.5 Å². The van der Waals surface area contributed by atoms with Gasteiger partial charge in [0.2, 0.25) is 6.10 Å². The highest BCUT2D eigenvalue weighted by molar-refractivity contribution is 9.10. The number of para-hydroxylation sites is 2. The number of fused-ring (bicyclic) bond motifs is 1. The van der Waals surface area contributed by atoms with Gasteiger partial charge in [-0.3, -0.25) is 4.79 Å². The topological polar surface area (TPSA) is 78.4 Å². The lowest BCUT2D eigenvalue weighted by atomic mass is 10.2. The normalized spacial score (nSPS) is 15.6. The van der Waals surface area contributed by atoms with E-state index in [4.69, 9.17) is 18.9 Å². The van der Waals surface area contributed by atoms with Crippen LogP contribution in [0.1, 0.15) is 5.56 Å². The maximum Gasteiger partial charge on any atom is 0.284 e. The molecule has 1 N–H and O–H groups in total. The molecule has 1 atom stereocenters. The van der Waals surface area contributed by atoms with Crippen LogP contribution in [0.2, 0.25) is 0 Å². The highest BCUT2D eigenvalue weighted by Gasteiger charge is 2.27. The van der Waals surface area contributed by atoms with Gasteiger partial charge in [0.25, 0.3) is 5.91 Å². The van der Waals surface area contributed by atoms with E-state index in [-0.39, 0.29) is 6.61 Å². The fraction of sp³-hybridized carbons (Fsp3) is 0.222. The van der Waals surface area contributed by atoms with Gasteiger partial charge in [-0.2, -0.15) is 5.10 Å². The summed E-state index contributed by atoms with van der Waals surface area (Å²) in [4.78, 5) is 12.2. The van der Waals surface area contributed by atoms with Crippen LogP contribution in [0.5, 0.6) is 23.0 Å². The van der Waals surface area contributed by atoms with Crippen LogP contribution in [-0.4, -0.2) is 39.1 Å². The number of halogens is 1. The number of nitrogens with zero attached hydrogens (tertiary/aromatic N) is 1. The molecule has 136 valence electrons. The third-order valence-electron chi connectivity index (χ3n) is 3.65. The molecule has 0 saturated heterocycles. The van der Waals surface area contributed by atoms with Crippen LogP contribution in [0, 0.1) is 0 Å². The van der Waals surface area contributed by atoms with Gasteiger partial charge in [-0.15, -0.1) is 0 Å². The van der Waals surface area contributed by atoms with Crippen molar-refractivity contribution in [2.45, 2.75) is 6.10 Å². The van der Waals surface area contributed by atoms with E-state index in [0.29, 0.717) is 27.5 Å².